The van der Waals surface area contributed by atoms with Gasteiger partial charge in [0.15, 0.2) is 5.96 Å². The lowest BCUT2D eigenvalue weighted by molar-refractivity contribution is 0.122. The molecule has 1 aliphatic rings. The SMILES string of the molecule is CN=C(NCc1ccc(C)cc1OC)NCc1ccccc1N1CCOCC1.I. The predicted molar refractivity (Wildman–Crippen MR) is 130 cm³/mol. The van der Waals surface area contributed by atoms with E-state index in [9.17, 15) is 0 Å². The van der Waals surface area contributed by atoms with Crippen LogP contribution >= 0.6 is 24.0 Å². The van der Waals surface area contributed by atoms with Gasteiger partial charge in [-0.2, -0.15) is 0 Å². The second kappa shape index (κ2) is 11.9. The van der Waals surface area contributed by atoms with Crippen LogP contribution in [0.2, 0.25) is 0 Å². The van der Waals surface area contributed by atoms with Crippen LogP contribution in [0.15, 0.2) is 47.5 Å². The van der Waals surface area contributed by atoms with Gasteiger partial charge in [0.1, 0.15) is 5.75 Å². The molecule has 158 valence electrons. The van der Waals surface area contributed by atoms with Crippen molar-refractivity contribution in [1.29, 1.82) is 0 Å². The van der Waals surface area contributed by atoms with Gasteiger partial charge in [0.2, 0.25) is 0 Å². The lowest BCUT2D eigenvalue weighted by Crippen LogP contribution is -2.39. The van der Waals surface area contributed by atoms with Gasteiger partial charge in [-0.25, -0.2) is 0 Å². The predicted octanol–water partition coefficient (Wildman–Crippen LogP) is 3.32. The Hall–Kier alpha value is -2.00. The van der Waals surface area contributed by atoms with Crippen LogP contribution in [0.5, 0.6) is 5.75 Å². The van der Waals surface area contributed by atoms with Crippen molar-refractivity contribution in [3.63, 3.8) is 0 Å². The standard InChI is InChI=1S/C22H30N4O2.HI/c1-17-8-9-19(21(14-17)27-3)16-25-22(23-2)24-15-18-6-4-5-7-20(18)26-10-12-28-13-11-26;/h4-9,14H,10-13,15-16H2,1-3H3,(H2,23,24,25);1H. The monoisotopic (exact) mass is 510 g/mol. The molecule has 2 aromatic rings. The van der Waals surface area contributed by atoms with Crippen molar-refractivity contribution in [2.24, 2.45) is 4.99 Å². The Kier molecular flexibility index (Phi) is 9.53. The summed E-state index contributed by atoms with van der Waals surface area (Å²) in [7, 11) is 3.49. The second-order valence-electron chi connectivity index (χ2n) is 6.82. The fourth-order valence-electron chi connectivity index (χ4n) is 3.35. The average molecular weight is 510 g/mol. The Balaban J connectivity index is 0.00000300. The van der Waals surface area contributed by atoms with Gasteiger partial charge in [0, 0.05) is 44.5 Å². The maximum Gasteiger partial charge on any atom is 0.191 e. The molecule has 0 unspecified atom stereocenters. The van der Waals surface area contributed by atoms with E-state index in [2.05, 4.69) is 63.8 Å². The number of nitrogens with one attached hydrogen (secondary N) is 2. The summed E-state index contributed by atoms with van der Waals surface area (Å²) >= 11 is 0. The number of benzene rings is 2. The molecule has 0 amide bonds. The number of hydrogen-bond donors (Lipinski definition) is 2. The van der Waals surface area contributed by atoms with Gasteiger partial charge in [0.25, 0.3) is 0 Å². The summed E-state index contributed by atoms with van der Waals surface area (Å²) in [5.74, 6) is 1.65. The van der Waals surface area contributed by atoms with Crippen molar-refractivity contribution in [1.82, 2.24) is 10.6 Å². The van der Waals surface area contributed by atoms with Crippen LogP contribution in [-0.4, -0.2) is 46.4 Å². The highest BCUT2D eigenvalue weighted by Gasteiger charge is 2.14. The number of nitrogens with zero attached hydrogens (tertiary/aromatic N) is 2. The normalized spacial score (nSPS) is 14.2. The van der Waals surface area contributed by atoms with Gasteiger partial charge in [0.05, 0.1) is 20.3 Å². The molecular weight excluding hydrogens is 479 g/mol. The number of aryl methyl sites for hydroxylation is 1. The van der Waals surface area contributed by atoms with Crippen molar-refractivity contribution in [3.05, 3.63) is 59.2 Å². The molecule has 1 aliphatic heterocycles. The number of rotatable bonds is 6. The second-order valence-corrected chi connectivity index (χ2v) is 6.82. The largest absolute Gasteiger partial charge is 0.496 e. The molecule has 0 aromatic heterocycles. The van der Waals surface area contributed by atoms with Gasteiger partial charge in [-0.3, -0.25) is 4.99 Å². The van der Waals surface area contributed by atoms with Crippen LogP contribution in [0.25, 0.3) is 0 Å². The summed E-state index contributed by atoms with van der Waals surface area (Å²) < 4.78 is 11.0. The molecule has 0 spiro atoms. The topological polar surface area (TPSA) is 58.1 Å². The molecule has 0 atom stereocenters. The number of para-hydroxylation sites is 1. The number of ether oxygens (including phenoxy) is 2. The number of morpholine rings is 1. The number of aliphatic imine (C=N–C) groups is 1. The van der Waals surface area contributed by atoms with Crippen LogP contribution in [-0.2, 0) is 17.8 Å². The Morgan fingerprint density at radius 2 is 1.76 bits per heavy atom. The quantitative estimate of drug-likeness (QED) is 0.355. The van der Waals surface area contributed by atoms with E-state index < -0.39 is 0 Å². The summed E-state index contributed by atoms with van der Waals surface area (Å²) in [5.41, 5.74) is 4.79. The van der Waals surface area contributed by atoms with Crippen LogP contribution in [0.1, 0.15) is 16.7 Å². The molecule has 7 heteroatoms. The van der Waals surface area contributed by atoms with Crippen molar-refractivity contribution in [2.75, 3.05) is 45.4 Å². The molecule has 0 saturated carbocycles. The van der Waals surface area contributed by atoms with E-state index in [1.807, 2.05) is 6.07 Å². The number of hydrogen-bond acceptors (Lipinski definition) is 4. The highest BCUT2D eigenvalue weighted by molar-refractivity contribution is 14.0. The minimum Gasteiger partial charge on any atom is -0.496 e. The molecule has 0 aliphatic carbocycles. The maximum atomic E-state index is 5.49. The first-order valence-corrected chi connectivity index (χ1v) is 9.70. The van der Waals surface area contributed by atoms with Crippen molar-refractivity contribution in [2.45, 2.75) is 20.0 Å². The molecule has 0 bridgehead atoms. The van der Waals surface area contributed by atoms with Gasteiger partial charge in [-0.15, -0.1) is 24.0 Å². The molecule has 6 nitrogen and oxygen atoms in total. The summed E-state index contributed by atoms with van der Waals surface area (Å²) in [4.78, 5) is 6.74. The minimum absolute atomic E-state index is 0. The average Bonchev–Trinajstić information content (AvgIpc) is 2.75. The number of methoxy groups -OCH3 is 1. The van der Waals surface area contributed by atoms with Gasteiger partial charge >= 0.3 is 0 Å². The zero-order valence-corrected chi connectivity index (χ0v) is 19.7. The smallest absolute Gasteiger partial charge is 0.191 e. The number of guanidine groups is 1. The molecule has 2 aromatic carbocycles. The molecular formula is C22H31IN4O2. The highest BCUT2D eigenvalue weighted by Crippen LogP contribution is 2.22. The van der Waals surface area contributed by atoms with Crippen LogP contribution in [0, 0.1) is 6.92 Å². The summed E-state index contributed by atoms with van der Waals surface area (Å²) in [6.45, 7) is 6.83. The van der Waals surface area contributed by atoms with Crippen molar-refractivity contribution >= 4 is 35.6 Å². The number of anilines is 1. The fourth-order valence-corrected chi connectivity index (χ4v) is 3.35. The Bertz CT molecular complexity index is 807. The Morgan fingerprint density at radius 3 is 2.45 bits per heavy atom. The zero-order valence-electron chi connectivity index (χ0n) is 17.4. The molecule has 2 N–H and O–H groups in total. The number of halogens is 1. The minimum atomic E-state index is 0. The zero-order chi connectivity index (χ0) is 19.8. The Labute approximate surface area is 190 Å². The van der Waals surface area contributed by atoms with E-state index in [4.69, 9.17) is 9.47 Å². The third kappa shape index (κ3) is 6.50. The summed E-state index contributed by atoms with van der Waals surface area (Å²) in [5, 5.41) is 6.80. The van der Waals surface area contributed by atoms with Crippen LogP contribution in [0.4, 0.5) is 5.69 Å². The van der Waals surface area contributed by atoms with E-state index in [1.54, 1.807) is 14.2 Å². The molecule has 1 heterocycles. The van der Waals surface area contributed by atoms with Crippen LogP contribution < -0.4 is 20.3 Å². The lowest BCUT2D eigenvalue weighted by Gasteiger charge is -2.30. The fraction of sp³-hybridized carbons (Fsp3) is 0.409. The highest BCUT2D eigenvalue weighted by atomic mass is 127. The van der Waals surface area contributed by atoms with E-state index in [0.29, 0.717) is 13.1 Å². The van der Waals surface area contributed by atoms with E-state index >= 15 is 0 Å². The van der Waals surface area contributed by atoms with Crippen molar-refractivity contribution in [3.8, 4) is 5.75 Å². The first kappa shape index (κ1) is 23.3. The first-order valence-electron chi connectivity index (χ1n) is 9.70. The Morgan fingerprint density at radius 1 is 1.07 bits per heavy atom. The van der Waals surface area contributed by atoms with E-state index in [0.717, 1.165) is 43.6 Å². The lowest BCUT2D eigenvalue weighted by atomic mass is 10.1. The van der Waals surface area contributed by atoms with E-state index in [-0.39, 0.29) is 24.0 Å². The van der Waals surface area contributed by atoms with Gasteiger partial charge < -0.3 is 25.0 Å². The molecule has 3 rings (SSSR count). The third-order valence-corrected chi connectivity index (χ3v) is 4.90. The molecule has 0 radical (unpaired) electrons. The summed E-state index contributed by atoms with van der Waals surface area (Å²) in [6.07, 6.45) is 0. The third-order valence-electron chi connectivity index (χ3n) is 4.90. The maximum absolute atomic E-state index is 5.49. The summed E-state index contributed by atoms with van der Waals surface area (Å²) in [6, 6.07) is 14.7. The van der Waals surface area contributed by atoms with Gasteiger partial charge in [-0.05, 0) is 30.2 Å². The molecule has 29 heavy (non-hydrogen) atoms. The molecule has 1 fully saturated rings. The van der Waals surface area contributed by atoms with Crippen molar-refractivity contribution < 1.29 is 9.47 Å². The van der Waals surface area contributed by atoms with Gasteiger partial charge in [-0.1, -0.05) is 30.3 Å². The molecule has 1 saturated heterocycles. The van der Waals surface area contributed by atoms with E-state index in [1.165, 1.54) is 16.8 Å². The van der Waals surface area contributed by atoms with Crippen LogP contribution in [0.3, 0.4) is 0 Å². The first-order chi connectivity index (χ1) is 13.7.